The van der Waals surface area contributed by atoms with Crippen LogP contribution in [-0.4, -0.2) is 81.7 Å². The molecule has 2 amide bonds. The molecule has 12 heteroatoms. The number of piperidine rings is 1. The number of hydrogen-bond acceptors (Lipinski definition) is 8. The van der Waals surface area contributed by atoms with E-state index in [1.165, 1.54) is 0 Å². The normalized spacial score (nSPS) is 14.5. The Morgan fingerprint density at radius 3 is 2.62 bits per heavy atom. The van der Waals surface area contributed by atoms with Crippen molar-refractivity contribution in [2.24, 2.45) is 5.92 Å². The van der Waals surface area contributed by atoms with Crippen molar-refractivity contribution >= 4 is 35.1 Å². The molecule has 4 rings (SSSR count). The second-order valence-electron chi connectivity index (χ2n) is 10.6. The van der Waals surface area contributed by atoms with Crippen LogP contribution in [0.5, 0.6) is 0 Å². The summed E-state index contributed by atoms with van der Waals surface area (Å²) in [4.78, 5) is 40.6. The lowest BCUT2D eigenvalue weighted by Crippen LogP contribution is -2.42. The lowest BCUT2D eigenvalue weighted by atomic mass is 9.97. The second kappa shape index (κ2) is 12.2. The predicted molar refractivity (Wildman–Crippen MR) is 149 cm³/mol. The largest absolute Gasteiger partial charge is 0.444 e. The summed E-state index contributed by atoms with van der Waals surface area (Å²) in [7, 11) is 1.58. The number of ether oxygens (including phenoxy) is 2. The number of anilines is 1. The lowest BCUT2D eigenvalue weighted by Gasteiger charge is -2.33. The molecule has 1 fully saturated rings. The highest BCUT2D eigenvalue weighted by molar-refractivity contribution is 6.29. The molecule has 1 aliphatic rings. The van der Waals surface area contributed by atoms with Crippen LogP contribution >= 0.6 is 11.6 Å². The zero-order valence-corrected chi connectivity index (χ0v) is 23.8. The van der Waals surface area contributed by atoms with Crippen molar-refractivity contribution < 1.29 is 19.1 Å². The first-order valence-corrected chi connectivity index (χ1v) is 13.4. The Labute approximate surface area is 233 Å². The van der Waals surface area contributed by atoms with Gasteiger partial charge in [0, 0.05) is 51.2 Å². The molecule has 0 radical (unpaired) electrons. The molecule has 3 aromatic heterocycles. The number of nitrogens with one attached hydrogen (secondary N) is 2. The molecule has 0 aromatic carbocycles. The number of hydrogen-bond donors (Lipinski definition) is 2. The van der Waals surface area contributed by atoms with Gasteiger partial charge in [0.1, 0.15) is 16.4 Å². The number of nitrogens with zero attached hydrogens (tertiary/aromatic N) is 5. The summed E-state index contributed by atoms with van der Waals surface area (Å²) in [5.74, 6) is 0.619. The zero-order valence-electron chi connectivity index (χ0n) is 23.1. The van der Waals surface area contributed by atoms with Crippen LogP contribution in [0.2, 0.25) is 5.15 Å². The molecule has 1 aliphatic heterocycles. The third-order valence-corrected chi connectivity index (χ3v) is 6.71. The van der Waals surface area contributed by atoms with E-state index in [9.17, 15) is 9.59 Å². The third kappa shape index (κ3) is 7.15. The quantitative estimate of drug-likeness (QED) is 0.312. The minimum Gasteiger partial charge on any atom is -0.444 e. The molecule has 0 aliphatic carbocycles. The molecule has 3 aromatic rings. The Morgan fingerprint density at radius 1 is 1.21 bits per heavy atom. The fourth-order valence-corrected chi connectivity index (χ4v) is 4.61. The number of methoxy groups -OCH3 is 1. The molecule has 0 unspecified atom stereocenters. The first kappa shape index (κ1) is 28.6. The van der Waals surface area contributed by atoms with E-state index >= 15 is 0 Å². The minimum atomic E-state index is -0.515. The SMILES string of the molecule is COCCNC(=O)c1nc2c(NCC3CCN(C(=O)OC(C)(C)C)CC3)nc(-c3ccnc(Cl)c3)cn2c1C. The van der Waals surface area contributed by atoms with Gasteiger partial charge in [0.2, 0.25) is 0 Å². The Hall–Kier alpha value is -3.44. The van der Waals surface area contributed by atoms with Crippen LogP contribution in [0.3, 0.4) is 0 Å². The molecule has 0 bridgehead atoms. The van der Waals surface area contributed by atoms with Gasteiger partial charge in [-0.2, -0.15) is 0 Å². The van der Waals surface area contributed by atoms with Gasteiger partial charge in [0.15, 0.2) is 11.5 Å². The van der Waals surface area contributed by atoms with Gasteiger partial charge in [-0.15, -0.1) is 0 Å². The molecular formula is C27H36ClN7O4. The number of imidazole rings is 1. The fraction of sp³-hybridized carbons (Fsp3) is 0.519. The van der Waals surface area contributed by atoms with Crippen molar-refractivity contribution in [1.29, 1.82) is 0 Å². The van der Waals surface area contributed by atoms with Gasteiger partial charge in [-0.3, -0.25) is 9.20 Å². The molecule has 0 atom stereocenters. The molecule has 210 valence electrons. The standard InChI is InChI=1S/C27H36ClN7O4/c1-17-22(25(36)30-10-13-38-5)33-24-23(32-20(16-35(17)24)19-6-9-29-21(28)14-19)31-15-18-7-11-34(12-8-18)26(37)39-27(2,3)4/h6,9,14,16,18H,7-8,10-13,15H2,1-5H3,(H,30,36)(H,31,32). The number of aryl methyl sites for hydroxylation is 1. The van der Waals surface area contributed by atoms with Crippen molar-refractivity contribution in [3.8, 4) is 11.3 Å². The molecule has 1 saturated heterocycles. The summed E-state index contributed by atoms with van der Waals surface area (Å²) < 4.78 is 12.4. The smallest absolute Gasteiger partial charge is 0.410 e. The first-order chi connectivity index (χ1) is 18.6. The lowest BCUT2D eigenvalue weighted by molar-refractivity contribution is 0.0188. The number of rotatable bonds is 8. The van der Waals surface area contributed by atoms with Crippen LogP contribution in [0.25, 0.3) is 16.9 Å². The predicted octanol–water partition coefficient (Wildman–Crippen LogP) is 4.19. The average molecular weight is 558 g/mol. The maximum Gasteiger partial charge on any atom is 0.410 e. The van der Waals surface area contributed by atoms with Gasteiger partial charge in [-0.25, -0.2) is 19.7 Å². The topological polar surface area (TPSA) is 123 Å². The number of likely N-dealkylation sites (tertiary alicyclic amines) is 1. The fourth-order valence-electron chi connectivity index (χ4n) is 4.43. The first-order valence-electron chi connectivity index (χ1n) is 13.1. The van der Waals surface area contributed by atoms with Crippen LogP contribution in [0, 0.1) is 12.8 Å². The third-order valence-electron chi connectivity index (χ3n) is 6.50. The van der Waals surface area contributed by atoms with Crippen LogP contribution in [0.1, 0.15) is 49.8 Å². The average Bonchev–Trinajstić information content (AvgIpc) is 3.23. The van der Waals surface area contributed by atoms with Crippen molar-refractivity contribution in [2.75, 3.05) is 45.2 Å². The number of amides is 2. The van der Waals surface area contributed by atoms with E-state index in [0.29, 0.717) is 72.4 Å². The van der Waals surface area contributed by atoms with Gasteiger partial charge in [0.05, 0.1) is 18.0 Å². The summed E-state index contributed by atoms with van der Waals surface area (Å²) >= 11 is 6.15. The maximum atomic E-state index is 12.8. The van der Waals surface area contributed by atoms with E-state index in [-0.39, 0.29) is 12.0 Å². The van der Waals surface area contributed by atoms with E-state index in [1.54, 1.807) is 24.3 Å². The number of carbonyl (C=O) groups is 2. The second-order valence-corrected chi connectivity index (χ2v) is 11.0. The van der Waals surface area contributed by atoms with Gasteiger partial charge in [0.25, 0.3) is 5.91 Å². The minimum absolute atomic E-state index is 0.273. The number of aromatic nitrogens is 4. The van der Waals surface area contributed by atoms with Crippen molar-refractivity contribution in [3.63, 3.8) is 0 Å². The van der Waals surface area contributed by atoms with E-state index in [0.717, 1.165) is 18.4 Å². The Kier molecular flexibility index (Phi) is 8.91. The molecule has 0 spiro atoms. The summed E-state index contributed by atoms with van der Waals surface area (Å²) in [5, 5.41) is 6.67. The van der Waals surface area contributed by atoms with Crippen molar-refractivity contribution in [3.05, 3.63) is 41.1 Å². The van der Waals surface area contributed by atoms with Crippen LogP contribution in [0.4, 0.5) is 10.6 Å². The zero-order chi connectivity index (χ0) is 28.2. The van der Waals surface area contributed by atoms with Gasteiger partial charge >= 0.3 is 6.09 Å². The molecule has 0 saturated carbocycles. The van der Waals surface area contributed by atoms with Crippen LogP contribution in [-0.2, 0) is 9.47 Å². The molecular weight excluding hydrogens is 522 g/mol. The van der Waals surface area contributed by atoms with Gasteiger partial charge in [-0.05, 0) is 58.6 Å². The van der Waals surface area contributed by atoms with Gasteiger partial charge < -0.3 is 25.0 Å². The monoisotopic (exact) mass is 557 g/mol. The van der Waals surface area contributed by atoms with Crippen LogP contribution in [0.15, 0.2) is 24.5 Å². The Balaban J connectivity index is 1.55. The summed E-state index contributed by atoms with van der Waals surface area (Å²) in [5.41, 5.74) is 2.52. The summed E-state index contributed by atoms with van der Waals surface area (Å²) in [6.07, 6.45) is 4.88. The number of fused-ring (bicyclic) bond motifs is 1. The van der Waals surface area contributed by atoms with E-state index in [1.807, 2.05) is 44.4 Å². The highest BCUT2D eigenvalue weighted by atomic mass is 35.5. The maximum absolute atomic E-state index is 12.8. The van der Waals surface area contributed by atoms with Crippen LogP contribution < -0.4 is 10.6 Å². The number of halogens is 1. The molecule has 11 nitrogen and oxygen atoms in total. The summed E-state index contributed by atoms with van der Waals surface area (Å²) in [6.45, 7) is 10.2. The van der Waals surface area contributed by atoms with Crippen molar-refractivity contribution in [2.45, 2.75) is 46.1 Å². The Bertz CT molecular complexity index is 1330. The van der Waals surface area contributed by atoms with E-state index < -0.39 is 5.60 Å². The van der Waals surface area contributed by atoms with Gasteiger partial charge in [-0.1, -0.05) is 11.6 Å². The molecule has 4 heterocycles. The highest BCUT2D eigenvalue weighted by Gasteiger charge is 2.27. The van der Waals surface area contributed by atoms with Crippen molar-refractivity contribution in [1.82, 2.24) is 29.6 Å². The summed E-state index contributed by atoms with van der Waals surface area (Å²) in [6, 6.07) is 3.58. The van der Waals surface area contributed by atoms with E-state index in [2.05, 4.69) is 20.6 Å². The Morgan fingerprint density at radius 2 is 1.95 bits per heavy atom. The highest BCUT2D eigenvalue weighted by Crippen LogP contribution is 2.27. The van der Waals surface area contributed by atoms with E-state index in [4.69, 9.17) is 26.1 Å². The molecule has 2 N–H and O–H groups in total. The number of pyridine rings is 1. The number of carbonyl (C=O) groups excluding carboxylic acids is 2. The molecule has 39 heavy (non-hydrogen) atoms.